The summed E-state index contributed by atoms with van der Waals surface area (Å²) in [5, 5.41) is 7.22. The predicted octanol–water partition coefficient (Wildman–Crippen LogP) is 13.9. The summed E-state index contributed by atoms with van der Waals surface area (Å²) in [6.45, 7) is 0. The van der Waals surface area contributed by atoms with Crippen molar-refractivity contribution < 1.29 is 4.42 Å². The molecule has 0 unspecified atom stereocenters. The second-order valence-electron chi connectivity index (χ2n) is 14.4. The van der Waals surface area contributed by atoms with Crippen LogP contribution in [-0.2, 0) is 0 Å². The lowest BCUT2D eigenvalue weighted by Gasteiger charge is -2.08. The average Bonchev–Trinajstić information content (AvgIpc) is 3.95. The molecule has 12 rings (SSSR count). The van der Waals surface area contributed by atoms with Gasteiger partial charge in [0.15, 0.2) is 17.5 Å². The number of benzene rings is 8. The SMILES string of the molecule is c1ccc(-c2nc(-c3ccccc3)nc(-c3ccc4c(c3)oc3ccc(-c5ccc6c(c5)sc5ccc(-n7c8ccccc8c8ccccc87)cc56)cc34)n2)cc1. The zero-order valence-electron chi connectivity index (χ0n) is 30.4. The normalized spacial score (nSPS) is 11.9. The van der Waals surface area contributed by atoms with Crippen LogP contribution in [0.5, 0.6) is 0 Å². The Bertz CT molecular complexity index is 3420. The first-order valence-corrected chi connectivity index (χ1v) is 19.8. The largest absolute Gasteiger partial charge is 0.456 e. The van der Waals surface area contributed by atoms with E-state index >= 15 is 0 Å². The van der Waals surface area contributed by atoms with Crippen molar-refractivity contribution in [1.82, 2.24) is 19.5 Å². The van der Waals surface area contributed by atoms with Crippen LogP contribution in [0.4, 0.5) is 0 Å². The van der Waals surface area contributed by atoms with Crippen molar-refractivity contribution in [1.29, 1.82) is 0 Å². The molecule has 0 radical (unpaired) electrons. The van der Waals surface area contributed by atoms with Gasteiger partial charge in [-0.3, -0.25) is 0 Å². The molecule has 0 spiro atoms. The fourth-order valence-corrected chi connectivity index (χ4v) is 9.44. The smallest absolute Gasteiger partial charge is 0.164 e. The number of rotatable bonds is 5. The molecule has 4 heterocycles. The van der Waals surface area contributed by atoms with Gasteiger partial charge in [-0.25, -0.2) is 15.0 Å². The number of aromatic nitrogens is 4. The number of hydrogen-bond acceptors (Lipinski definition) is 5. The highest BCUT2D eigenvalue weighted by atomic mass is 32.1. The minimum atomic E-state index is 0.601. The standard InChI is InChI=1S/C51H30N4OS/c1-3-11-31(12-4-1)49-52-50(32-13-5-2-6-14-32)54-51(53-49)35-20-23-39-41-27-33(21-25-45(41)56-46(39)28-35)34-19-24-40-42-30-36(22-26-47(42)57-48(40)29-34)55-43-17-9-7-15-37(43)38-16-8-10-18-44(38)55/h1-30H. The minimum absolute atomic E-state index is 0.601. The molecule has 0 bridgehead atoms. The first-order chi connectivity index (χ1) is 28.2. The van der Waals surface area contributed by atoms with Crippen molar-refractivity contribution in [3.63, 3.8) is 0 Å². The van der Waals surface area contributed by atoms with E-state index in [9.17, 15) is 0 Å². The molecule has 12 aromatic rings. The lowest BCUT2D eigenvalue weighted by Crippen LogP contribution is -2.00. The molecule has 0 aliphatic rings. The number of thiophene rings is 1. The van der Waals surface area contributed by atoms with E-state index in [4.69, 9.17) is 19.4 Å². The first kappa shape index (κ1) is 31.9. The summed E-state index contributed by atoms with van der Waals surface area (Å²) < 4.78 is 11.4. The molecule has 5 nitrogen and oxygen atoms in total. The van der Waals surface area contributed by atoms with Gasteiger partial charge in [-0.2, -0.15) is 0 Å². The van der Waals surface area contributed by atoms with Crippen LogP contribution < -0.4 is 0 Å². The molecule has 57 heavy (non-hydrogen) atoms. The fraction of sp³-hybridized carbons (Fsp3) is 0. The monoisotopic (exact) mass is 746 g/mol. The second-order valence-corrected chi connectivity index (χ2v) is 15.5. The molecule has 0 atom stereocenters. The third-order valence-electron chi connectivity index (χ3n) is 11.1. The third-order valence-corrected chi connectivity index (χ3v) is 12.2. The van der Waals surface area contributed by atoms with E-state index in [0.29, 0.717) is 17.5 Å². The van der Waals surface area contributed by atoms with Gasteiger partial charge in [0, 0.05) is 64.1 Å². The Kier molecular flexibility index (Phi) is 7.03. The van der Waals surface area contributed by atoms with E-state index in [2.05, 4.69) is 120 Å². The van der Waals surface area contributed by atoms with E-state index in [1.165, 1.54) is 53.2 Å². The van der Waals surface area contributed by atoms with Gasteiger partial charge < -0.3 is 8.98 Å². The number of nitrogens with zero attached hydrogens (tertiary/aromatic N) is 4. The number of para-hydroxylation sites is 2. The lowest BCUT2D eigenvalue weighted by molar-refractivity contribution is 0.669. The van der Waals surface area contributed by atoms with Crippen molar-refractivity contribution >= 4 is 75.3 Å². The summed E-state index contributed by atoms with van der Waals surface area (Å²) in [4.78, 5) is 14.7. The van der Waals surface area contributed by atoms with Crippen molar-refractivity contribution in [2.75, 3.05) is 0 Å². The fourth-order valence-electron chi connectivity index (χ4n) is 8.32. The Hall–Kier alpha value is -7.41. The van der Waals surface area contributed by atoms with E-state index in [-0.39, 0.29) is 0 Å². The molecule has 0 aliphatic carbocycles. The lowest BCUT2D eigenvalue weighted by atomic mass is 10.0. The van der Waals surface area contributed by atoms with E-state index in [0.717, 1.165) is 44.2 Å². The maximum absolute atomic E-state index is 6.47. The third kappa shape index (κ3) is 5.19. The summed E-state index contributed by atoms with van der Waals surface area (Å²) in [7, 11) is 0. The molecular formula is C51H30N4OS. The van der Waals surface area contributed by atoms with Crippen LogP contribution in [0.15, 0.2) is 186 Å². The summed E-state index contributed by atoms with van der Waals surface area (Å²) in [6.07, 6.45) is 0. The zero-order valence-corrected chi connectivity index (χ0v) is 31.2. The van der Waals surface area contributed by atoms with Crippen molar-refractivity contribution in [3.05, 3.63) is 182 Å². The highest BCUT2D eigenvalue weighted by molar-refractivity contribution is 7.25. The van der Waals surface area contributed by atoms with E-state index < -0.39 is 0 Å². The van der Waals surface area contributed by atoms with Crippen LogP contribution in [0.2, 0.25) is 0 Å². The number of hydrogen-bond donors (Lipinski definition) is 0. The van der Waals surface area contributed by atoms with Crippen molar-refractivity contribution in [3.8, 4) is 51.0 Å². The van der Waals surface area contributed by atoms with Gasteiger partial charge in [-0.15, -0.1) is 11.3 Å². The van der Waals surface area contributed by atoms with Crippen LogP contribution in [0.3, 0.4) is 0 Å². The summed E-state index contributed by atoms with van der Waals surface area (Å²) in [5.41, 5.74) is 10.3. The van der Waals surface area contributed by atoms with Gasteiger partial charge in [0.1, 0.15) is 11.2 Å². The Morgan fingerprint density at radius 2 is 0.930 bits per heavy atom. The van der Waals surface area contributed by atoms with Crippen LogP contribution >= 0.6 is 11.3 Å². The Morgan fingerprint density at radius 1 is 0.351 bits per heavy atom. The molecule has 4 aromatic heterocycles. The summed E-state index contributed by atoms with van der Waals surface area (Å²) in [5.74, 6) is 1.87. The van der Waals surface area contributed by atoms with Gasteiger partial charge >= 0.3 is 0 Å². The van der Waals surface area contributed by atoms with E-state index in [1.807, 2.05) is 78.1 Å². The quantitative estimate of drug-likeness (QED) is 0.176. The van der Waals surface area contributed by atoms with Gasteiger partial charge in [0.2, 0.25) is 0 Å². The summed E-state index contributed by atoms with van der Waals surface area (Å²) in [6, 6.07) is 63.9. The molecular weight excluding hydrogens is 717 g/mol. The molecule has 6 heteroatoms. The van der Waals surface area contributed by atoms with Crippen LogP contribution in [0, 0.1) is 0 Å². The van der Waals surface area contributed by atoms with Crippen molar-refractivity contribution in [2.24, 2.45) is 0 Å². The Labute approximate surface area is 330 Å². The maximum Gasteiger partial charge on any atom is 0.164 e. The maximum atomic E-state index is 6.47. The molecule has 0 N–H and O–H groups in total. The average molecular weight is 747 g/mol. The predicted molar refractivity (Wildman–Crippen MR) is 236 cm³/mol. The minimum Gasteiger partial charge on any atom is -0.456 e. The van der Waals surface area contributed by atoms with Crippen LogP contribution in [-0.4, -0.2) is 19.5 Å². The molecule has 0 fully saturated rings. The van der Waals surface area contributed by atoms with Gasteiger partial charge in [-0.1, -0.05) is 121 Å². The number of fused-ring (bicyclic) bond motifs is 9. The second kappa shape index (κ2) is 12.6. The van der Waals surface area contributed by atoms with Gasteiger partial charge in [0.05, 0.1) is 11.0 Å². The topological polar surface area (TPSA) is 56.7 Å². The Morgan fingerprint density at radius 3 is 1.63 bits per heavy atom. The Balaban J connectivity index is 0.922. The van der Waals surface area contributed by atoms with Crippen molar-refractivity contribution in [2.45, 2.75) is 0 Å². The van der Waals surface area contributed by atoms with E-state index in [1.54, 1.807) is 0 Å². The molecule has 266 valence electrons. The molecule has 0 saturated heterocycles. The molecule has 0 amide bonds. The zero-order chi connectivity index (χ0) is 37.5. The van der Waals surface area contributed by atoms with Crippen LogP contribution in [0.25, 0.3) is 115 Å². The molecule has 8 aromatic carbocycles. The van der Waals surface area contributed by atoms with Gasteiger partial charge in [-0.05, 0) is 71.8 Å². The highest BCUT2D eigenvalue weighted by Gasteiger charge is 2.17. The molecule has 0 saturated carbocycles. The first-order valence-electron chi connectivity index (χ1n) is 19.0. The highest BCUT2D eigenvalue weighted by Crippen LogP contribution is 2.41. The number of furan rings is 1. The summed E-state index contributed by atoms with van der Waals surface area (Å²) >= 11 is 1.85. The van der Waals surface area contributed by atoms with Crippen LogP contribution in [0.1, 0.15) is 0 Å². The van der Waals surface area contributed by atoms with Gasteiger partial charge in [0.25, 0.3) is 0 Å². The molecule has 0 aliphatic heterocycles.